The fourth-order valence-electron chi connectivity index (χ4n) is 1.86. The standard InChI is InChI=1S/C9H16N2OS/c12-8-4-2-1-3-6-11(8)9-10-5-7-13-9/h9-10H,1-7H2. The van der Waals surface area contributed by atoms with E-state index in [9.17, 15) is 4.79 Å². The van der Waals surface area contributed by atoms with Gasteiger partial charge in [-0.15, -0.1) is 11.8 Å². The summed E-state index contributed by atoms with van der Waals surface area (Å²) in [6, 6.07) is 0. The minimum Gasteiger partial charge on any atom is -0.318 e. The van der Waals surface area contributed by atoms with E-state index >= 15 is 0 Å². The highest BCUT2D eigenvalue weighted by atomic mass is 32.2. The van der Waals surface area contributed by atoms with Crippen LogP contribution in [0.3, 0.4) is 0 Å². The number of hydrogen-bond acceptors (Lipinski definition) is 3. The van der Waals surface area contributed by atoms with Gasteiger partial charge < -0.3 is 4.90 Å². The third-order valence-electron chi connectivity index (χ3n) is 2.59. The van der Waals surface area contributed by atoms with Gasteiger partial charge in [0, 0.05) is 25.3 Å². The van der Waals surface area contributed by atoms with E-state index in [-0.39, 0.29) is 5.50 Å². The van der Waals surface area contributed by atoms with Crippen molar-refractivity contribution in [1.82, 2.24) is 10.2 Å². The summed E-state index contributed by atoms with van der Waals surface area (Å²) >= 11 is 1.86. The molecule has 3 nitrogen and oxygen atoms in total. The third kappa shape index (κ3) is 2.17. The monoisotopic (exact) mass is 200 g/mol. The molecule has 2 aliphatic rings. The van der Waals surface area contributed by atoms with Crippen LogP contribution >= 0.6 is 11.8 Å². The van der Waals surface area contributed by atoms with Gasteiger partial charge in [0.15, 0.2) is 0 Å². The van der Waals surface area contributed by atoms with E-state index in [4.69, 9.17) is 0 Å². The Morgan fingerprint density at radius 1 is 1.38 bits per heavy atom. The average Bonchev–Trinajstić information content (AvgIpc) is 2.56. The molecule has 1 atom stereocenters. The Hall–Kier alpha value is -0.220. The quantitative estimate of drug-likeness (QED) is 0.685. The smallest absolute Gasteiger partial charge is 0.224 e. The lowest BCUT2D eigenvalue weighted by Gasteiger charge is -2.26. The number of nitrogens with zero attached hydrogens (tertiary/aromatic N) is 1. The molecule has 0 saturated carbocycles. The third-order valence-corrected chi connectivity index (χ3v) is 3.77. The molecule has 2 heterocycles. The number of amides is 1. The van der Waals surface area contributed by atoms with Crippen LogP contribution in [0.15, 0.2) is 0 Å². The predicted octanol–water partition coefficient (Wildman–Crippen LogP) is 1.01. The zero-order valence-corrected chi connectivity index (χ0v) is 8.61. The molecular formula is C9H16N2OS. The molecule has 1 amide bonds. The molecule has 0 aromatic carbocycles. The van der Waals surface area contributed by atoms with Crippen LogP contribution in [0.2, 0.25) is 0 Å². The van der Waals surface area contributed by atoms with Gasteiger partial charge in [-0.25, -0.2) is 0 Å². The second-order valence-corrected chi connectivity index (χ2v) is 4.76. The van der Waals surface area contributed by atoms with Crippen LogP contribution in [0.4, 0.5) is 0 Å². The first-order chi connectivity index (χ1) is 6.38. The number of carbonyl (C=O) groups excluding carboxylic acids is 1. The van der Waals surface area contributed by atoms with Crippen molar-refractivity contribution in [3.8, 4) is 0 Å². The summed E-state index contributed by atoms with van der Waals surface area (Å²) in [7, 11) is 0. The topological polar surface area (TPSA) is 32.3 Å². The van der Waals surface area contributed by atoms with Crippen molar-refractivity contribution in [2.24, 2.45) is 0 Å². The zero-order valence-electron chi connectivity index (χ0n) is 7.79. The zero-order chi connectivity index (χ0) is 9.10. The molecule has 2 saturated heterocycles. The molecule has 13 heavy (non-hydrogen) atoms. The van der Waals surface area contributed by atoms with Crippen molar-refractivity contribution < 1.29 is 4.79 Å². The van der Waals surface area contributed by atoms with Crippen molar-refractivity contribution >= 4 is 17.7 Å². The van der Waals surface area contributed by atoms with Gasteiger partial charge in [-0.3, -0.25) is 10.1 Å². The highest BCUT2D eigenvalue weighted by Gasteiger charge is 2.27. The summed E-state index contributed by atoms with van der Waals surface area (Å²) < 4.78 is 0. The van der Waals surface area contributed by atoms with E-state index < -0.39 is 0 Å². The van der Waals surface area contributed by atoms with Crippen LogP contribution in [0.1, 0.15) is 25.7 Å². The minimum absolute atomic E-state index is 0.269. The molecule has 0 aromatic rings. The molecule has 2 aliphatic heterocycles. The second kappa shape index (κ2) is 4.33. The molecule has 0 spiro atoms. The lowest BCUT2D eigenvalue weighted by atomic mass is 10.2. The first-order valence-electron chi connectivity index (χ1n) is 5.02. The van der Waals surface area contributed by atoms with E-state index in [0.717, 1.165) is 31.7 Å². The molecular weight excluding hydrogens is 184 g/mol. The van der Waals surface area contributed by atoms with Crippen LogP contribution in [0.5, 0.6) is 0 Å². The summed E-state index contributed by atoms with van der Waals surface area (Å²) in [4.78, 5) is 13.7. The first kappa shape index (κ1) is 9.34. The van der Waals surface area contributed by atoms with Gasteiger partial charge >= 0.3 is 0 Å². The molecule has 4 heteroatoms. The van der Waals surface area contributed by atoms with E-state index in [0.29, 0.717) is 5.91 Å². The lowest BCUT2D eigenvalue weighted by Crippen LogP contribution is -2.43. The van der Waals surface area contributed by atoms with E-state index in [1.165, 1.54) is 12.8 Å². The Morgan fingerprint density at radius 3 is 3.08 bits per heavy atom. The van der Waals surface area contributed by atoms with Crippen molar-refractivity contribution in [1.29, 1.82) is 0 Å². The van der Waals surface area contributed by atoms with E-state index in [2.05, 4.69) is 5.32 Å². The van der Waals surface area contributed by atoms with Gasteiger partial charge in [0.1, 0.15) is 5.50 Å². The van der Waals surface area contributed by atoms with Crippen molar-refractivity contribution in [3.63, 3.8) is 0 Å². The summed E-state index contributed by atoms with van der Waals surface area (Å²) in [6.45, 7) is 1.99. The van der Waals surface area contributed by atoms with Crippen LogP contribution in [0, 0.1) is 0 Å². The normalized spacial score (nSPS) is 30.6. The summed E-state index contributed by atoms with van der Waals surface area (Å²) in [5, 5.41) is 3.35. The van der Waals surface area contributed by atoms with Crippen molar-refractivity contribution in [2.75, 3.05) is 18.8 Å². The number of carbonyl (C=O) groups is 1. The molecule has 74 valence electrons. The number of rotatable bonds is 1. The largest absolute Gasteiger partial charge is 0.318 e. The van der Waals surface area contributed by atoms with Crippen LogP contribution in [-0.2, 0) is 4.79 Å². The maximum atomic E-state index is 11.7. The number of hydrogen-bond donors (Lipinski definition) is 1. The molecule has 2 fully saturated rings. The maximum absolute atomic E-state index is 11.7. The molecule has 0 radical (unpaired) electrons. The van der Waals surface area contributed by atoms with E-state index in [1.807, 2.05) is 16.7 Å². The van der Waals surface area contributed by atoms with Crippen molar-refractivity contribution in [3.05, 3.63) is 0 Å². The van der Waals surface area contributed by atoms with Crippen LogP contribution in [0.25, 0.3) is 0 Å². The number of likely N-dealkylation sites (tertiary alicyclic amines) is 1. The molecule has 0 aromatic heterocycles. The first-order valence-corrected chi connectivity index (χ1v) is 6.07. The van der Waals surface area contributed by atoms with Crippen LogP contribution in [-0.4, -0.2) is 35.1 Å². The Labute approximate surface area is 83.2 Å². The Morgan fingerprint density at radius 2 is 2.31 bits per heavy atom. The lowest BCUT2D eigenvalue weighted by molar-refractivity contribution is -0.131. The second-order valence-electron chi connectivity index (χ2n) is 3.58. The maximum Gasteiger partial charge on any atom is 0.224 e. The Balaban J connectivity index is 1.97. The predicted molar refractivity (Wildman–Crippen MR) is 54.4 cm³/mol. The minimum atomic E-state index is 0.269. The fraction of sp³-hybridized carbons (Fsp3) is 0.889. The Bertz CT molecular complexity index is 192. The number of nitrogens with one attached hydrogen (secondary N) is 1. The highest BCUT2D eigenvalue weighted by molar-refractivity contribution is 8.00. The van der Waals surface area contributed by atoms with E-state index in [1.54, 1.807) is 0 Å². The van der Waals surface area contributed by atoms with Gasteiger partial charge in [0.2, 0.25) is 5.91 Å². The van der Waals surface area contributed by atoms with Gasteiger partial charge in [0.05, 0.1) is 0 Å². The molecule has 1 unspecified atom stereocenters. The molecule has 2 rings (SSSR count). The average molecular weight is 200 g/mol. The van der Waals surface area contributed by atoms with Gasteiger partial charge in [0.25, 0.3) is 0 Å². The molecule has 1 N–H and O–H groups in total. The summed E-state index contributed by atoms with van der Waals surface area (Å²) in [5.74, 6) is 1.47. The highest BCUT2D eigenvalue weighted by Crippen LogP contribution is 2.22. The van der Waals surface area contributed by atoms with Gasteiger partial charge in [-0.05, 0) is 12.8 Å². The summed E-state index contributed by atoms with van der Waals surface area (Å²) in [6.07, 6.45) is 4.20. The fourth-order valence-corrected chi connectivity index (χ4v) is 2.96. The Kier molecular flexibility index (Phi) is 3.11. The van der Waals surface area contributed by atoms with Gasteiger partial charge in [-0.2, -0.15) is 0 Å². The molecule has 0 aliphatic carbocycles. The van der Waals surface area contributed by atoms with Crippen molar-refractivity contribution in [2.45, 2.75) is 31.2 Å². The van der Waals surface area contributed by atoms with Gasteiger partial charge in [-0.1, -0.05) is 6.42 Å². The molecule has 0 bridgehead atoms. The van der Waals surface area contributed by atoms with Crippen LogP contribution < -0.4 is 5.32 Å². The SMILES string of the molecule is O=C1CCCCCN1C1NCCS1. The number of thioether (sulfide) groups is 1. The summed E-state index contributed by atoms with van der Waals surface area (Å²) in [5.41, 5.74) is 0.269.